The minimum atomic E-state index is -0.487. The number of benzene rings is 2. The van der Waals surface area contributed by atoms with Gasteiger partial charge in [0.15, 0.2) is 0 Å². The molecule has 0 fully saturated rings. The van der Waals surface area contributed by atoms with Crippen LogP contribution in [0.3, 0.4) is 0 Å². The molecule has 8 heteroatoms. The molecule has 6 nitrogen and oxygen atoms in total. The average Bonchev–Trinajstić information content (AvgIpc) is 2.71. The number of nitrogens with zero attached hydrogens (tertiary/aromatic N) is 2. The van der Waals surface area contributed by atoms with Crippen LogP contribution in [-0.2, 0) is 0 Å². The average molecular weight is 406 g/mol. The second-order valence-electron chi connectivity index (χ2n) is 5.92. The molecule has 0 spiro atoms. The lowest BCUT2D eigenvalue weighted by atomic mass is 10.1. The van der Waals surface area contributed by atoms with Crippen molar-refractivity contribution in [1.82, 2.24) is 9.97 Å². The lowest BCUT2D eigenvalue weighted by Gasteiger charge is -2.09. The second kappa shape index (κ2) is 7.49. The number of carbonyl (C=O) groups is 2. The molecule has 2 heterocycles. The highest BCUT2D eigenvalue weighted by Gasteiger charge is 2.13. The number of aromatic nitrogens is 2. The number of para-hydroxylation sites is 2. The summed E-state index contributed by atoms with van der Waals surface area (Å²) in [5.74, 6) is -0.973. The molecule has 2 aromatic heterocycles. The van der Waals surface area contributed by atoms with Crippen LogP contribution in [0.1, 0.15) is 20.7 Å². The summed E-state index contributed by atoms with van der Waals surface area (Å²) in [4.78, 5) is 34.0. The molecular weight excluding hydrogens is 392 g/mol. The topological polar surface area (TPSA) is 112 Å². The van der Waals surface area contributed by atoms with E-state index in [1.165, 1.54) is 21.6 Å². The predicted molar refractivity (Wildman–Crippen MR) is 112 cm³/mol. The number of carbonyl (C=O) groups excluding carboxylic acids is 2. The SMILES string of the molecule is NC(=O)c1ccnc2c(SSc3cccc4c(C(N)=O)ccnc34)cccc12. The summed E-state index contributed by atoms with van der Waals surface area (Å²) in [5.41, 5.74) is 13.2. The van der Waals surface area contributed by atoms with Crippen LogP contribution in [0.5, 0.6) is 0 Å². The van der Waals surface area contributed by atoms with Gasteiger partial charge >= 0.3 is 0 Å². The Bertz CT molecular complexity index is 1150. The maximum Gasteiger partial charge on any atom is 0.249 e. The molecule has 0 aliphatic carbocycles. The Morgan fingerprint density at radius 3 is 1.50 bits per heavy atom. The first-order valence-electron chi connectivity index (χ1n) is 8.26. The quantitative estimate of drug-likeness (QED) is 0.488. The number of primary amides is 2. The van der Waals surface area contributed by atoms with Crippen LogP contribution in [0.4, 0.5) is 0 Å². The molecule has 2 aromatic carbocycles. The van der Waals surface area contributed by atoms with Crippen molar-refractivity contribution in [1.29, 1.82) is 0 Å². The molecular formula is C20H14N4O2S2. The first kappa shape index (κ1) is 18.3. The van der Waals surface area contributed by atoms with E-state index in [0.29, 0.717) is 32.9 Å². The molecule has 0 bridgehead atoms. The predicted octanol–water partition coefficient (Wildman–Crippen LogP) is 3.78. The lowest BCUT2D eigenvalue weighted by molar-refractivity contribution is 0.0993. The number of rotatable bonds is 5. The molecule has 0 aliphatic rings. The first-order chi connectivity index (χ1) is 13.6. The van der Waals surface area contributed by atoms with Gasteiger partial charge in [-0.2, -0.15) is 0 Å². The van der Waals surface area contributed by atoms with Crippen molar-refractivity contribution in [3.05, 3.63) is 72.1 Å². The molecule has 2 amide bonds. The first-order valence-corrected chi connectivity index (χ1v) is 10.4. The summed E-state index contributed by atoms with van der Waals surface area (Å²) in [5, 5.41) is 1.43. The van der Waals surface area contributed by atoms with Crippen LogP contribution in [0.25, 0.3) is 21.8 Å². The fraction of sp³-hybridized carbons (Fsp3) is 0. The third kappa shape index (κ3) is 3.28. The minimum absolute atomic E-state index is 0.440. The Labute approximate surface area is 168 Å². The zero-order chi connectivity index (χ0) is 19.7. The Morgan fingerprint density at radius 1 is 0.679 bits per heavy atom. The van der Waals surface area contributed by atoms with E-state index in [1.54, 1.807) is 24.5 Å². The van der Waals surface area contributed by atoms with Crippen LogP contribution in [0, 0.1) is 0 Å². The Hall–Kier alpha value is -3.10. The van der Waals surface area contributed by atoms with Crippen molar-refractivity contribution in [3.63, 3.8) is 0 Å². The van der Waals surface area contributed by atoms with Crippen molar-refractivity contribution >= 4 is 55.2 Å². The zero-order valence-corrected chi connectivity index (χ0v) is 16.1. The monoisotopic (exact) mass is 406 g/mol. The van der Waals surface area contributed by atoms with Gasteiger partial charge in [0.1, 0.15) is 0 Å². The van der Waals surface area contributed by atoms with Gasteiger partial charge in [-0.15, -0.1) is 0 Å². The summed E-state index contributed by atoms with van der Waals surface area (Å²) in [6.45, 7) is 0. The number of nitrogens with two attached hydrogens (primary N) is 2. The summed E-state index contributed by atoms with van der Waals surface area (Å²) >= 11 is 0. The van der Waals surface area contributed by atoms with E-state index in [2.05, 4.69) is 9.97 Å². The molecule has 4 N–H and O–H groups in total. The molecule has 138 valence electrons. The van der Waals surface area contributed by atoms with Crippen molar-refractivity contribution < 1.29 is 9.59 Å². The molecule has 4 aromatic rings. The molecule has 0 radical (unpaired) electrons. The summed E-state index contributed by atoms with van der Waals surface area (Å²) in [6, 6.07) is 14.5. The van der Waals surface area contributed by atoms with Gasteiger partial charge in [0.25, 0.3) is 0 Å². The second-order valence-corrected chi connectivity index (χ2v) is 8.13. The van der Waals surface area contributed by atoms with Gasteiger partial charge in [0, 0.05) is 33.0 Å². The van der Waals surface area contributed by atoms with Gasteiger partial charge in [0.05, 0.1) is 22.2 Å². The van der Waals surface area contributed by atoms with E-state index in [0.717, 1.165) is 9.79 Å². The number of hydrogen-bond acceptors (Lipinski definition) is 6. The fourth-order valence-electron chi connectivity index (χ4n) is 2.95. The normalized spacial score (nSPS) is 11.0. The van der Waals surface area contributed by atoms with Crippen LogP contribution < -0.4 is 11.5 Å². The maximum absolute atomic E-state index is 11.7. The smallest absolute Gasteiger partial charge is 0.249 e. The Balaban J connectivity index is 1.73. The van der Waals surface area contributed by atoms with E-state index in [4.69, 9.17) is 11.5 Å². The van der Waals surface area contributed by atoms with Gasteiger partial charge < -0.3 is 11.5 Å². The van der Waals surface area contributed by atoms with Crippen molar-refractivity contribution in [3.8, 4) is 0 Å². The third-order valence-corrected chi connectivity index (χ3v) is 6.65. The van der Waals surface area contributed by atoms with Crippen molar-refractivity contribution in [2.24, 2.45) is 11.5 Å². The maximum atomic E-state index is 11.7. The van der Waals surface area contributed by atoms with Crippen LogP contribution in [-0.4, -0.2) is 21.8 Å². The summed E-state index contributed by atoms with van der Waals surface area (Å²) < 4.78 is 0. The standard InChI is InChI=1S/C20H14N4O2S2/c21-19(25)13-7-9-23-17-11(13)3-1-5-15(17)27-28-16-6-2-4-12-14(20(22)26)8-10-24-18(12)16/h1-10H,(H2,21,25)(H2,22,26). The molecule has 0 saturated carbocycles. The summed E-state index contributed by atoms with van der Waals surface area (Å²) in [7, 11) is 3.00. The molecule has 0 atom stereocenters. The fourth-order valence-corrected chi connectivity index (χ4v) is 5.23. The minimum Gasteiger partial charge on any atom is -0.366 e. The van der Waals surface area contributed by atoms with E-state index in [9.17, 15) is 9.59 Å². The molecule has 0 aliphatic heterocycles. The van der Waals surface area contributed by atoms with Crippen LogP contribution in [0.2, 0.25) is 0 Å². The zero-order valence-electron chi connectivity index (χ0n) is 14.5. The summed E-state index contributed by atoms with van der Waals surface area (Å²) in [6.07, 6.45) is 3.16. The molecule has 4 rings (SSSR count). The van der Waals surface area contributed by atoms with E-state index < -0.39 is 11.8 Å². The van der Waals surface area contributed by atoms with Gasteiger partial charge in [0.2, 0.25) is 11.8 Å². The Kier molecular flexibility index (Phi) is 4.89. The third-order valence-electron chi connectivity index (χ3n) is 4.22. The van der Waals surface area contributed by atoms with Crippen LogP contribution in [0.15, 0.2) is 70.7 Å². The number of amides is 2. The number of pyridine rings is 2. The molecule has 0 unspecified atom stereocenters. The highest BCUT2D eigenvalue weighted by Crippen LogP contribution is 2.42. The van der Waals surface area contributed by atoms with Crippen LogP contribution >= 0.6 is 21.6 Å². The number of fused-ring (bicyclic) bond motifs is 2. The van der Waals surface area contributed by atoms with Gasteiger partial charge in [-0.25, -0.2) is 0 Å². The highest BCUT2D eigenvalue weighted by molar-refractivity contribution is 8.76. The van der Waals surface area contributed by atoms with E-state index >= 15 is 0 Å². The molecule has 28 heavy (non-hydrogen) atoms. The van der Waals surface area contributed by atoms with Gasteiger partial charge in [-0.05, 0) is 24.3 Å². The number of hydrogen-bond donors (Lipinski definition) is 2. The largest absolute Gasteiger partial charge is 0.366 e. The van der Waals surface area contributed by atoms with Crippen molar-refractivity contribution in [2.75, 3.05) is 0 Å². The highest BCUT2D eigenvalue weighted by atomic mass is 33.1. The van der Waals surface area contributed by atoms with Gasteiger partial charge in [-0.3, -0.25) is 19.6 Å². The molecule has 0 saturated heterocycles. The van der Waals surface area contributed by atoms with E-state index in [-0.39, 0.29) is 0 Å². The van der Waals surface area contributed by atoms with Crippen molar-refractivity contribution in [2.45, 2.75) is 9.79 Å². The van der Waals surface area contributed by atoms with E-state index in [1.807, 2.05) is 36.4 Å². The van der Waals surface area contributed by atoms with Gasteiger partial charge in [-0.1, -0.05) is 45.9 Å². The Morgan fingerprint density at radius 2 is 1.11 bits per heavy atom. The lowest BCUT2D eigenvalue weighted by Crippen LogP contribution is -2.11.